The second kappa shape index (κ2) is 6.86. The van der Waals surface area contributed by atoms with Crippen molar-refractivity contribution >= 4 is 5.69 Å². The molecule has 0 saturated carbocycles. The molecule has 0 amide bonds. The second-order valence-corrected chi connectivity index (χ2v) is 3.44. The SMILES string of the molecule is C#CCNCCN(CC)c1ccc(F)cc1. The minimum atomic E-state index is -0.203. The van der Waals surface area contributed by atoms with Gasteiger partial charge in [0.2, 0.25) is 0 Å². The Bertz CT molecular complexity index is 340. The number of nitrogens with zero attached hydrogens (tertiary/aromatic N) is 1. The van der Waals surface area contributed by atoms with Crippen molar-refractivity contribution < 1.29 is 4.39 Å². The summed E-state index contributed by atoms with van der Waals surface area (Å²) < 4.78 is 12.8. The molecular formula is C13H17FN2. The Balaban J connectivity index is 2.48. The summed E-state index contributed by atoms with van der Waals surface area (Å²) in [6.45, 7) is 5.24. The van der Waals surface area contributed by atoms with Crippen LogP contribution in [0.1, 0.15) is 6.92 Å². The summed E-state index contributed by atoms with van der Waals surface area (Å²) in [5.41, 5.74) is 1.03. The molecule has 0 aliphatic rings. The Morgan fingerprint density at radius 2 is 2.06 bits per heavy atom. The lowest BCUT2D eigenvalue weighted by Crippen LogP contribution is -2.32. The van der Waals surface area contributed by atoms with Crippen molar-refractivity contribution in [3.8, 4) is 12.3 Å². The molecular weight excluding hydrogens is 203 g/mol. The maximum atomic E-state index is 12.8. The molecule has 0 unspecified atom stereocenters. The van der Waals surface area contributed by atoms with E-state index in [9.17, 15) is 4.39 Å². The third-order valence-corrected chi connectivity index (χ3v) is 2.36. The van der Waals surface area contributed by atoms with Crippen molar-refractivity contribution in [2.45, 2.75) is 6.92 Å². The number of benzene rings is 1. The maximum Gasteiger partial charge on any atom is 0.123 e. The predicted molar refractivity (Wildman–Crippen MR) is 66.0 cm³/mol. The van der Waals surface area contributed by atoms with Crippen LogP contribution in [0.25, 0.3) is 0 Å². The van der Waals surface area contributed by atoms with Crippen LogP contribution >= 0.6 is 0 Å². The first-order chi connectivity index (χ1) is 7.77. The van der Waals surface area contributed by atoms with Crippen molar-refractivity contribution in [2.75, 3.05) is 31.1 Å². The summed E-state index contributed by atoms with van der Waals surface area (Å²) in [6, 6.07) is 6.54. The van der Waals surface area contributed by atoms with E-state index in [4.69, 9.17) is 6.42 Å². The first kappa shape index (κ1) is 12.5. The van der Waals surface area contributed by atoms with Crippen LogP contribution in [0, 0.1) is 18.2 Å². The topological polar surface area (TPSA) is 15.3 Å². The molecule has 0 spiro atoms. The Morgan fingerprint density at radius 1 is 1.38 bits per heavy atom. The monoisotopic (exact) mass is 220 g/mol. The van der Waals surface area contributed by atoms with E-state index in [-0.39, 0.29) is 5.82 Å². The fraction of sp³-hybridized carbons (Fsp3) is 0.385. The van der Waals surface area contributed by atoms with Crippen LogP contribution in [0.3, 0.4) is 0 Å². The molecule has 0 heterocycles. The lowest BCUT2D eigenvalue weighted by Gasteiger charge is -2.23. The van der Waals surface area contributed by atoms with Gasteiger partial charge in [0.05, 0.1) is 6.54 Å². The molecule has 0 bridgehead atoms. The van der Waals surface area contributed by atoms with Gasteiger partial charge in [0, 0.05) is 25.3 Å². The summed E-state index contributed by atoms with van der Waals surface area (Å²) in [5, 5.41) is 3.13. The molecule has 1 aromatic carbocycles. The maximum absolute atomic E-state index is 12.8. The highest BCUT2D eigenvalue weighted by molar-refractivity contribution is 5.46. The zero-order valence-corrected chi connectivity index (χ0v) is 9.54. The van der Waals surface area contributed by atoms with Gasteiger partial charge in [-0.1, -0.05) is 5.92 Å². The fourth-order valence-corrected chi connectivity index (χ4v) is 1.50. The predicted octanol–water partition coefficient (Wildman–Crippen LogP) is 1.87. The molecule has 0 radical (unpaired) electrons. The van der Waals surface area contributed by atoms with E-state index in [1.54, 1.807) is 12.1 Å². The highest BCUT2D eigenvalue weighted by Gasteiger charge is 2.03. The average molecular weight is 220 g/mol. The van der Waals surface area contributed by atoms with Gasteiger partial charge in [-0.3, -0.25) is 0 Å². The third-order valence-electron chi connectivity index (χ3n) is 2.36. The Hall–Kier alpha value is -1.53. The Kier molecular flexibility index (Phi) is 5.38. The summed E-state index contributed by atoms with van der Waals surface area (Å²) in [5.74, 6) is 2.32. The fourth-order valence-electron chi connectivity index (χ4n) is 1.50. The molecule has 0 saturated heterocycles. The van der Waals surface area contributed by atoms with Gasteiger partial charge in [-0.2, -0.15) is 0 Å². The van der Waals surface area contributed by atoms with Crippen LogP contribution < -0.4 is 10.2 Å². The van der Waals surface area contributed by atoms with E-state index in [2.05, 4.69) is 23.1 Å². The van der Waals surface area contributed by atoms with E-state index >= 15 is 0 Å². The van der Waals surface area contributed by atoms with Crippen molar-refractivity contribution in [3.63, 3.8) is 0 Å². The van der Waals surface area contributed by atoms with Gasteiger partial charge in [0.15, 0.2) is 0 Å². The minimum absolute atomic E-state index is 0.203. The molecule has 1 rings (SSSR count). The summed E-state index contributed by atoms with van der Waals surface area (Å²) in [4.78, 5) is 2.17. The minimum Gasteiger partial charge on any atom is -0.371 e. The molecule has 3 heteroatoms. The van der Waals surface area contributed by atoms with E-state index in [1.807, 2.05) is 0 Å². The molecule has 86 valence electrons. The van der Waals surface area contributed by atoms with Gasteiger partial charge in [0.25, 0.3) is 0 Å². The van der Waals surface area contributed by atoms with E-state index < -0.39 is 0 Å². The summed E-state index contributed by atoms with van der Waals surface area (Å²) >= 11 is 0. The van der Waals surface area contributed by atoms with E-state index in [0.717, 1.165) is 25.3 Å². The van der Waals surface area contributed by atoms with Gasteiger partial charge in [0.1, 0.15) is 5.82 Å². The lowest BCUT2D eigenvalue weighted by atomic mass is 10.3. The molecule has 0 atom stereocenters. The first-order valence-corrected chi connectivity index (χ1v) is 5.42. The summed E-state index contributed by atoms with van der Waals surface area (Å²) in [6.07, 6.45) is 5.14. The average Bonchev–Trinajstić information content (AvgIpc) is 2.31. The number of anilines is 1. The third kappa shape index (κ3) is 3.92. The number of nitrogens with one attached hydrogen (secondary N) is 1. The summed E-state index contributed by atoms with van der Waals surface area (Å²) in [7, 11) is 0. The van der Waals surface area contributed by atoms with E-state index in [0.29, 0.717) is 6.54 Å². The number of hydrogen-bond donors (Lipinski definition) is 1. The van der Waals surface area contributed by atoms with Crippen molar-refractivity contribution in [1.29, 1.82) is 0 Å². The highest BCUT2D eigenvalue weighted by Crippen LogP contribution is 2.13. The Morgan fingerprint density at radius 3 is 2.62 bits per heavy atom. The number of likely N-dealkylation sites (N-methyl/N-ethyl adjacent to an activating group) is 1. The van der Waals surface area contributed by atoms with Crippen molar-refractivity contribution in [3.05, 3.63) is 30.1 Å². The second-order valence-electron chi connectivity index (χ2n) is 3.44. The van der Waals surface area contributed by atoms with E-state index in [1.165, 1.54) is 12.1 Å². The van der Waals surface area contributed by atoms with Crippen molar-refractivity contribution in [1.82, 2.24) is 5.32 Å². The number of halogens is 1. The van der Waals surface area contributed by atoms with Gasteiger partial charge in [-0.25, -0.2) is 4.39 Å². The van der Waals surface area contributed by atoms with Gasteiger partial charge in [-0.05, 0) is 31.2 Å². The van der Waals surface area contributed by atoms with Crippen LogP contribution in [0.4, 0.5) is 10.1 Å². The Labute approximate surface area is 96.5 Å². The number of hydrogen-bond acceptors (Lipinski definition) is 2. The molecule has 1 aromatic rings. The zero-order valence-electron chi connectivity index (χ0n) is 9.54. The lowest BCUT2D eigenvalue weighted by molar-refractivity contribution is 0.627. The van der Waals surface area contributed by atoms with Crippen LogP contribution in [0.2, 0.25) is 0 Å². The molecule has 0 fully saturated rings. The molecule has 0 aliphatic carbocycles. The largest absolute Gasteiger partial charge is 0.371 e. The van der Waals surface area contributed by atoms with Crippen molar-refractivity contribution in [2.24, 2.45) is 0 Å². The van der Waals surface area contributed by atoms with Gasteiger partial charge >= 0.3 is 0 Å². The molecule has 2 nitrogen and oxygen atoms in total. The van der Waals surface area contributed by atoms with Crippen LogP contribution in [0.5, 0.6) is 0 Å². The quantitative estimate of drug-likeness (QED) is 0.581. The number of rotatable bonds is 6. The van der Waals surface area contributed by atoms with Crippen LogP contribution in [-0.4, -0.2) is 26.2 Å². The number of terminal acetylenes is 1. The standard InChI is InChI=1S/C13H17FN2/c1-3-9-15-10-11-16(4-2)13-7-5-12(14)6-8-13/h1,5-8,15H,4,9-11H2,2H3. The highest BCUT2D eigenvalue weighted by atomic mass is 19.1. The van der Waals surface area contributed by atoms with Gasteiger partial charge in [-0.15, -0.1) is 6.42 Å². The molecule has 0 aliphatic heterocycles. The van der Waals surface area contributed by atoms with Gasteiger partial charge < -0.3 is 10.2 Å². The molecule has 16 heavy (non-hydrogen) atoms. The van der Waals surface area contributed by atoms with Crippen LogP contribution in [0.15, 0.2) is 24.3 Å². The smallest absolute Gasteiger partial charge is 0.123 e. The molecule has 0 aromatic heterocycles. The zero-order chi connectivity index (χ0) is 11.8. The normalized spacial score (nSPS) is 9.81. The first-order valence-electron chi connectivity index (χ1n) is 5.42. The van der Waals surface area contributed by atoms with Crippen LogP contribution in [-0.2, 0) is 0 Å². The molecule has 1 N–H and O–H groups in total.